The van der Waals surface area contributed by atoms with Crippen LogP contribution in [-0.2, 0) is 24.1 Å². The van der Waals surface area contributed by atoms with E-state index in [9.17, 15) is 9.90 Å². The van der Waals surface area contributed by atoms with E-state index in [-0.39, 0.29) is 18.2 Å². The van der Waals surface area contributed by atoms with Gasteiger partial charge in [0.25, 0.3) is 0 Å². The lowest BCUT2D eigenvalue weighted by Gasteiger charge is -2.39. The van der Waals surface area contributed by atoms with E-state index in [2.05, 4.69) is 54.9 Å². The molecule has 0 saturated heterocycles. The molecule has 1 N–H and O–H groups in total. The molecule has 4 aromatic rings. The van der Waals surface area contributed by atoms with Gasteiger partial charge in [-0.05, 0) is 61.8 Å². The number of nitrogens with zero attached hydrogens (tertiary/aromatic N) is 7. The highest BCUT2D eigenvalue weighted by atomic mass is 35.5. The largest absolute Gasteiger partial charge is 0.491 e. The van der Waals surface area contributed by atoms with Crippen LogP contribution in [0, 0.1) is 6.92 Å². The minimum Gasteiger partial charge on any atom is -0.491 e. The van der Waals surface area contributed by atoms with E-state index in [1.807, 2.05) is 30.7 Å². The number of aryl methyl sites for hydroxylation is 1. The van der Waals surface area contributed by atoms with Crippen LogP contribution >= 0.6 is 23.2 Å². The lowest BCUT2D eigenvalue weighted by atomic mass is 10.1. The van der Waals surface area contributed by atoms with Crippen molar-refractivity contribution >= 4 is 43.4 Å². The van der Waals surface area contributed by atoms with Crippen molar-refractivity contribution < 1.29 is 19.1 Å². The summed E-state index contributed by atoms with van der Waals surface area (Å²) in [5.41, 5.74) is 4.95. The predicted molar refractivity (Wildman–Crippen MR) is 191 cm³/mol. The van der Waals surface area contributed by atoms with E-state index >= 15 is 0 Å². The fraction of sp³-hybridized carbons (Fsp3) is 0.441. The number of halogens is 2. The van der Waals surface area contributed by atoms with E-state index in [1.165, 1.54) is 11.9 Å². The number of aromatic nitrogens is 5. The maximum absolute atomic E-state index is 11.7. The Labute approximate surface area is 293 Å². The molecule has 0 saturated carbocycles. The Morgan fingerprint density at radius 2 is 1.90 bits per heavy atom. The molecule has 1 atom stereocenters. The number of carbonyl (C=O) groups is 1. The number of carboxylic acid groups (broad SMARTS) is 1. The summed E-state index contributed by atoms with van der Waals surface area (Å²) in [5.74, 6) is 1.68. The molecule has 1 unspecified atom stereocenters. The third-order valence-corrected chi connectivity index (χ3v) is 14.3. The van der Waals surface area contributed by atoms with E-state index in [0.29, 0.717) is 58.2 Å². The minimum absolute atomic E-state index is 0.0680. The fourth-order valence-electron chi connectivity index (χ4n) is 5.41. The van der Waals surface area contributed by atoms with Gasteiger partial charge < -0.3 is 24.1 Å². The first-order valence-electron chi connectivity index (χ1n) is 15.9. The summed E-state index contributed by atoms with van der Waals surface area (Å²) in [7, 11) is -0.714. The molecular weight excluding hydrogens is 669 g/mol. The van der Waals surface area contributed by atoms with Gasteiger partial charge in [0, 0.05) is 37.5 Å². The van der Waals surface area contributed by atoms with Crippen molar-refractivity contribution in [1.29, 1.82) is 0 Å². The van der Waals surface area contributed by atoms with Crippen molar-refractivity contribution in [2.75, 3.05) is 25.1 Å². The third-order valence-electron chi connectivity index (χ3n) is 9.11. The molecule has 4 heterocycles. The summed E-state index contributed by atoms with van der Waals surface area (Å²) >= 11 is 13.5. The second-order valence-corrected chi connectivity index (χ2v) is 19.2. The van der Waals surface area contributed by atoms with Crippen LogP contribution in [0.2, 0.25) is 28.2 Å². The van der Waals surface area contributed by atoms with Crippen LogP contribution in [0.3, 0.4) is 0 Å². The Kier molecular flexibility index (Phi) is 10.4. The van der Waals surface area contributed by atoms with Gasteiger partial charge in [-0.2, -0.15) is 5.10 Å². The van der Waals surface area contributed by atoms with E-state index < -0.39 is 20.5 Å². The highest BCUT2D eigenvalue weighted by molar-refractivity contribution is 6.74. The van der Waals surface area contributed by atoms with Gasteiger partial charge in [0.05, 0.1) is 46.8 Å². The molecule has 256 valence electrons. The number of likely N-dealkylation sites (N-methyl/N-ethyl adjacent to an activating group) is 1. The number of benzene rings is 1. The number of hydrogen-bond donors (Lipinski definition) is 1. The minimum atomic E-state index is -2.24. The van der Waals surface area contributed by atoms with Crippen LogP contribution in [0.5, 0.6) is 5.75 Å². The summed E-state index contributed by atoms with van der Waals surface area (Å²) in [6.45, 7) is 16.9. The second-order valence-electron chi connectivity index (χ2n) is 13.6. The summed E-state index contributed by atoms with van der Waals surface area (Å²) in [5, 5.41) is 14.9. The molecule has 1 amide bonds. The van der Waals surface area contributed by atoms with Gasteiger partial charge >= 0.3 is 6.09 Å². The molecule has 0 spiro atoms. The van der Waals surface area contributed by atoms with Gasteiger partial charge in [0.15, 0.2) is 14.1 Å². The molecule has 11 nitrogen and oxygen atoms in total. The molecule has 3 aromatic heterocycles. The van der Waals surface area contributed by atoms with Crippen LogP contribution in [0.25, 0.3) is 22.8 Å². The van der Waals surface area contributed by atoms with Gasteiger partial charge in [-0.15, -0.1) is 0 Å². The molecule has 48 heavy (non-hydrogen) atoms. The fourth-order valence-corrected chi connectivity index (χ4v) is 7.17. The number of ether oxygens (including phenoxy) is 1. The summed E-state index contributed by atoms with van der Waals surface area (Å²) in [4.78, 5) is 29.8. The molecule has 0 aliphatic carbocycles. The Hall–Kier alpha value is -3.71. The van der Waals surface area contributed by atoms with Gasteiger partial charge in [0.2, 0.25) is 0 Å². The van der Waals surface area contributed by atoms with Gasteiger partial charge in [-0.25, -0.2) is 14.8 Å². The SMILES string of the molecule is CCn1ncc(Cl)c1-c1nc(-c2cc(OCC(CN(C)C(=O)O)O[Si](C)(C)C(C)(C)C)ccc2Cl)nc(N2Cc3cccnc3C2)c1C. The maximum Gasteiger partial charge on any atom is 0.407 e. The first-order valence-corrected chi connectivity index (χ1v) is 19.6. The molecule has 0 fully saturated rings. The highest BCUT2D eigenvalue weighted by Crippen LogP contribution is 2.40. The van der Waals surface area contributed by atoms with Crippen LogP contribution < -0.4 is 9.64 Å². The van der Waals surface area contributed by atoms with Crippen molar-refractivity contribution in [1.82, 2.24) is 29.6 Å². The zero-order valence-corrected chi connectivity index (χ0v) is 31.2. The summed E-state index contributed by atoms with van der Waals surface area (Å²) in [6, 6.07) is 9.36. The Morgan fingerprint density at radius 3 is 2.56 bits per heavy atom. The van der Waals surface area contributed by atoms with E-state index in [4.69, 9.17) is 42.3 Å². The van der Waals surface area contributed by atoms with Crippen molar-refractivity contribution in [3.05, 3.63) is 69.6 Å². The number of fused-ring (bicyclic) bond motifs is 1. The van der Waals surface area contributed by atoms with Crippen molar-refractivity contribution in [3.63, 3.8) is 0 Å². The first kappa shape index (κ1) is 35.6. The van der Waals surface area contributed by atoms with Crippen LogP contribution in [0.15, 0.2) is 42.7 Å². The molecular formula is C34H43Cl2N7O4Si. The van der Waals surface area contributed by atoms with Crippen molar-refractivity contribution in [2.45, 2.75) is 78.5 Å². The van der Waals surface area contributed by atoms with E-state index in [0.717, 1.165) is 22.6 Å². The van der Waals surface area contributed by atoms with Crippen LogP contribution in [0.4, 0.5) is 10.6 Å². The van der Waals surface area contributed by atoms with E-state index in [1.54, 1.807) is 24.5 Å². The average molecular weight is 713 g/mol. The van der Waals surface area contributed by atoms with Crippen LogP contribution in [0.1, 0.15) is 44.5 Å². The molecule has 1 aliphatic rings. The van der Waals surface area contributed by atoms with Gasteiger partial charge in [0.1, 0.15) is 23.9 Å². The van der Waals surface area contributed by atoms with Crippen molar-refractivity contribution in [2.24, 2.45) is 0 Å². The third kappa shape index (κ3) is 7.46. The lowest BCUT2D eigenvalue weighted by molar-refractivity contribution is 0.0794. The average Bonchev–Trinajstić information content (AvgIpc) is 3.63. The van der Waals surface area contributed by atoms with Gasteiger partial charge in [-0.1, -0.05) is 50.0 Å². The lowest BCUT2D eigenvalue weighted by Crippen LogP contribution is -2.49. The molecule has 14 heteroatoms. The topological polar surface area (TPSA) is 119 Å². The monoisotopic (exact) mass is 711 g/mol. The zero-order valence-electron chi connectivity index (χ0n) is 28.7. The number of hydrogen-bond acceptors (Lipinski definition) is 8. The number of pyridine rings is 1. The normalized spacial score (nSPS) is 13.8. The Balaban J connectivity index is 1.53. The summed E-state index contributed by atoms with van der Waals surface area (Å²) in [6.07, 6.45) is 1.92. The zero-order chi connectivity index (χ0) is 35.0. The smallest absolute Gasteiger partial charge is 0.407 e. The molecule has 1 aliphatic heterocycles. The number of anilines is 1. The molecule has 0 bridgehead atoms. The molecule has 1 aromatic carbocycles. The standard InChI is InChI=1S/C34H43Cl2N7O4Si/c1-9-43-30(27(36)16-38-43)29-21(2)32(42-17-22-11-10-14-37-28(22)19-42)40-31(39-29)25-15-23(12-13-26(25)35)46-20-24(18-41(6)33(44)45)47-48(7,8)34(3,4)5/h10-16,24H,9,17-20H2,1-8H3,(H,44,45). The van der Waals surface area contributed by atoms with Crippen molar-refractivity contribution in [3.8, 4) is 28.5 Å². The Morgan fingerprint density at radius 1 is 1.15 bits per heavy atom. The second kappa shape index (κ2) is 14.0. The number of amides is 1. The molecule has 5 rings (SSSR count). The maximum atomic E-state index is 11.7. The molecule has 0 radical (unpaired) electrons. The summed E-state index contributed by atoms with van der Waals surface area (Å²) < 4.78 is 14.7. The highest BCUT2D eigenvalue weighted by Gasteiger charge is 2.40. The Bertz CT molecular complexity index is 1790. The van der Waals surface area contributed by atoms with Gasteiger partial charge in [-0.3, -0.25) is 9.67 Å². The predicted octanol–water partition coefficient (Wildman–Crippen LogP) is 7.94. The quantitative estimate of drug-likeness (QED) is 0.155. The number of rotatable bonds is 11. The first-order chi connectivity index (χ1) is 22.6. The van der Waals surface area contributed by atoms with Crippen LogP contribution in [-0.4, -0.2) is 75.5 Å².